The van der Waals surface area contributed by atoms with Gasteiger partial charge in [-0.1, -0.05) is 12.8 Å². The molecule has 1 saturated heterocycles. The molecular weight excluding hydrogens is 178 g/mol. The number of aliphatic carboxylic acids is 1. The van der Waals surface area contributed by atoms with Crippen molar-refractivity contribution in [1.29, 1.82) is 0 Å². The van der Waals surface area contributed by atoms with Crippen molar-refractivity contribution in [2.24, 2.45) is 11.8 Å². The highest BCUT2D eigenvalue weighted by Crippen LogP contribution is 2.43. The summed E-state index contributed by atoms with van der Waals surface area (Å²) in [5.74, 6) is 0.393. The zero-order valence-corrected chi connectivity index (χ0v) is 8.94. The van der Waals surface area contributed by atoms with Crippen molar-refractivity contribution in [2.45, 2.75) is 44.7 Å². The van der Waals surface area contributed by atoms with Gasteiger partial charge in [0.05, 0.1) is 0 Å². The Labute approximate surface area is 85.1 Å². The fraction of sp³-hybridized carbons (Fsp3) is 0.909. The van der Waals surface area contributed by atoms with E-state index in [1.165, 1.54) is 19.3 Å². The van der Waals surface area contributed by atoms with Gasteiger partial charge in [0.2, 0.25) is 0 Å². The van der Waals surface area contributed by atoms with Crippen molar-refractivity contribution in [3.05, 3.63) is 0 Å². The van der Waals surface area contributed by atoms with Gasteiger partial charge in [0, 0.05) is 6.04 Å². The van der Waals surface area contributed by atoms with Gasteiger partial charge in [-0.2, -0.15) is 0 Å². The Bertz CT molecular complexity index is 241. The number of nitrogens with zero attached hydrogens (tertiary/aromatic N) is 1. The molecule has 2 rings (SSSR count). The largest absolute Gasteiger partial charge is 0.480 e. The van der Waals surface area contributed by atoms with E-state index in [0.29, 0.717) is 17.9 Å². The molecule has 14 heavy (non-hydrogen) atoms. The average molecular weight is 197 g/mol. The molecule has 3 nitrogen and oxygen atoms in total. The lowest BCUT2D eigenvalue weighted by Gasteiger charge is -2.27. The van der Waals surface area contributed by atoms with Gasteiger partial charge >= 0.3 is 5.97 Å². The molecule has 0 bridgehead atoms. The third kappa shape index (κ3) is 1.34. The molecule has 0 spiro atoms. The number of hydrogen-bond acceptors (Lipinski definition) is 2. The predicted molar refractivity (Wildman–Crippen MR) is 54.1 cm³/mol. The molecule has 0 aromatic heterocycles. The Morgan fingerprint density at radius 3 is 2.43 bits per heavy atom. The molecule has 4 atom stereocenters. The monoisotopic (exact) mass is 197 g/mol. The summed E-state index contributed by atoms with van der Waals surface area (Å²) in [4.78, 5) is 13.2. The highest BCUT2D eigenvalue weighted by atomic mass is 16.4. The molecule has 4 unspecified atom stereocenters. The normalized spacial score (nSPS) is 43.6. The molecule has 0 amide bonds. The highest BCUT2D eigenvalue weighted by molar-refractivity contribution is 5.74. The van der Waals surface area contributed by atoms with Crippen molar-refractivity contribution in [1.82, 2.24) is 4.90 Å². The summed E-state index contributed by atoms with van der Waals surface area (Å²) < 4.78 is 0. The van der Waals surface area contributed by atoms with Gasteiger partial charge < -0.3 is 5.11 Å². The van der Waals surface area contributed by atoms with Crippen molar-refractivity contribution in [3.63, 3.8) is 0 Å². The van der Waals surface area contributed by atoms with E-state index in [0.717, 1.165) is 6.42 Å². The number of likely N-dealkylation sites (N-methyl/N-ethyl adjacent to an activating group) is 1. The summed E-state index contributed by atoms with van der Waals surface area (Å²) in [7, 11) is 1.96. The van der Waals surface area contributed by atoms with Crippen LogP contribution in [0.1, 0.15) is 32.6 Å². The molecule has 1 aliphatic carbocycles. The summed E-state index contributed by atoms with van der Waals surface area (Å²) in [6.07, 6.45) is 4.83. The summed E-state index contributed by atoms with van der Waals surface area (Å²) >= 11 is 0. The van der Waals surface area contributed by atoms with Gasteiger partial charge in [0.25, 0.3) is 0 Å². The van der Waals surface area contributed by atoms with Gasteiger partial charge in [-0.3, -0.25) is 9.69 Å². The lowest BCUT2D eigenvalue weighted by molar-refractivity contribution is -0.143. The Hall–Kier alpha value is -0.570. The summed E-state index contributed by atoms with van der Waals surface area (Å²) in [5.41, 5.74) is 0. The smallest absolute Gasteiger partial charge is 0.321 e. The lowest BCUT2D eigenvalue weighted by Crippen LogP contribution is -2.39. The van der Waals surface area contributed by atoms with E-state index in [4.69, 9.17) is 0 Å². The Balaban J connectivity index is 2.21. The number of carboxylic acids is 1. The Morgan fingerprint density at radius 2 is 1.86 bits per heavy atom. The van der Waals surface area contributed by atoms with Gasteiger partial charge in [-0.25, -0.2) is 0 Å². The zero-order chi connectivity index (χ0) is 10.3. The molecule has 3 heteroatoms. The maximum atomic E-state index is 11.2. The number of hydrogen-bond donors (Lipinski definition) is 1. The quantitative estimate of drug-likeness (QED) is 0.694. The molecule has 1 saturated carbocycles. The Morgan fingerprint density at radius 1 is 1.29 bits per heavy atom. The van der Waals surface area contributed by atoms with E-state index in [2.05, 4.69) is 11.8 Å². The number of carboxylic acid groups (broad SMARTS) is 1. The minimum atomic E-state index is -0.631. The van der Waals surface area contributed by atoms with Crippen LogP contribution in [0.3, 0.4) is 0 Å². The van der Waals surface area contributed by atoms with E-state index in [-0.39, 0.29) is 6.04 Å². The molecular formula is C11H19NO2. The maximum absolute atomic E-state index is 11.2. The number of fused-ring (bicyclic) bond motifs is 1. The summed E-state index contributed by atoms with van der Waals surface area (Å²) in [6, 6.07) is 0.219. The topological polar surface area (TPSA) is 40.5 Å². The first-order valence-corrected chi connectivity index (χ1v) is 5.57. The van der Waals surface area contributed by atoms with Crippen LogP contribution in [0.25, 0.3) is 0 Å². The number of rotatable bonds is 1. The van der Waals surface area contributed by atoms with Gasteiger partial charge in [0.1, 0.15) is 6.04 Å². The van der Waals surface area contributed by atoms with Crippen molar-refractivity contribution in [3.8, 4) is 0 Å². The van der Waals surface area contributed by atoms with E-state index in [1.54, 1.807) is 0 Å². The highest BCUT2D eigenvalue weighted by Gasteiger charge is 2.48. The van der Waals surface area contributed by atoms with Crippen LogP contribution in [0.5, 0.6) is 0 Å². The second-order valence-electron chi connectivity index (χ2n) is 4.80. The van der Waals surface area contributed by atoms with Gasteiger partial charge in [0.15, 0.2) is 0 Å². The molecule has 2 aliphatic rings. The van der Waals surface area contributed by atoms with Crippen molar-refractivity contribution in [2.75, 3.05) is 7.05 Å². The van der Waals surface area contributed by atoms with Crippen LogP contribution in [-0.4, -0.2) is 35.1 Å². The molecule has 0 aromatic rings. The average Bonchev–Trinajstić information content (AvgIpc) is 2.41. The second kappa shape index (κ2) is 3.54. The summed E-state index contributed by atoms with van der Waals surface area (Å²) in [5, 5.41) is 9.20. The molecule has 1 heterocycles. The fourth-order valence-electron chi connectivity index (χ4n) is 3.39. The van der Waals surface area contributed by atoms with E-state index in [1.807, 2.05) is 7.05 Å². The third-order valence-electron chi connectivity index (χ3n) is 4.23. The van der Waals surface area contributed by atoms with Crippen LogP contribution in [0.4, 0.5) is 0 Å². The first-order valence-electron chi connectivity index (χ1n) is 5.57. The maximum Gasteiger partial charge on any atom is 0.321 e. The van der Waals surface area contributed by atoms with Crippen LogP contribution in [-0.2, 0) is 4.79 Å². The Kier molecular flexibility index (Phi) is 2.52. The minimum Gasteiger partial charge on any atom is -0.480 e. The summed E-state index contributed by atoms with van der Waals surface area (Å²) in [6.45, 7) is 2.17. The van der Waals surface area contributed by atoms with Crippen LogP contribution < -0.4 is 0 Å². The van der Waals surface area contributed by atoms with E-state index < -0.39 is 5.97 Å². The van der Waals surface area contributed by atoms with Gasteiger partial charge in [-0.15, -0.1) is 0 Å². The predicted octanol–water partition coefficient (Wildman–Crippen LogP) is 1.58. The lowest BCUT2D eigenvalue weighted by atomic mass is 9.76. The van der Waals surface area contributed by atoms with Gasteiger partial charge in [-0.05, 0) is 38.6 Å². The van der Waals surface area contributed by atoms with Crippen LogP contribution in [0, 0.1) is 11.8 Å². The van der Waals surface area contributed by atoms with Crippen LogP contribution in [0.15, 0.2) is 0 Å². The van der Waals surface area contributed by atoms with E-state index in [9.17, 15) is 9.90 Å². The van der Waals surface area contributed by atoms with Crippen LogP contribution in [0.2, 0.25) is 0 Å². The standard InChI is InChI=1S/C11H19NO2/c1-7-8-5-3-4-6-9(8)10(11(13)14)12(7)2/h7-10H,3-6H2,1-2H3,(H,13,14). The molecule has 0 radical (unpaired) electrons. The molecule has 80 valence electrons. The number of likely N-dealkylation sites (tertiary alicyclic amines) is 1. The van der Waals surface area contributed by atoms with E-state index >= 15 is 0 Å². The number of carbonyl (C=O) groups is 1. The van der Waals surface area contributed by atoms with Crippen molar-refractivity contribution >= 4 is 5.97 Å². The first kappa shape index (κ1) is 9.97. The fourth-order valence-corrected chi connectivity index (χ4v) is 3.39. The first-order chi connectivity index (χ1) is 6.63. The molecule has 1 aliphatic heterocycles. The van der Waals surface area contributed by atoms with Crippen molar-refractivity contribution < 1.29 is 9.90 Å². The van der Waals surface area contributed by atoms with Crippen LogP contribution >= 0.6 is 0 Å². The molecule has 2 fully saturated rings. The SMILES string of the molecule is CC1C2CCCCC2C(C(=O)O)N1C. The molecule has 1 N–H and O–H groups in total. The minimum absolute atomic E-state index is 0.227. The molecule has 0 aromatic carbocycles. The zero-order valence-electron chi connectivity index (χ0n) is 8.94. The second-order valence-corrected chi connectivity index (χ2v) is 4.80. The third-order valence-corrected chi connectivity index (χ3v) is 4.23.